The molecule has 2 heterocycles. The number of hydrogen-bond acceptors (Lipinski definition) is 3. The monoisotopic (exact) mass is 626 g/mol. The molecule has 2 aromatic heterocycles. The topological polar surface area (TPSA) is 49.5 Å². The van der Waals surface area contributed by atoms with Crippen LogP contribution in [0.15, 0.2) is 162 Å². The summed E-state index contributed by atoms with van der Waals surface area (Å²) in [4.78, 5) is 5.95. The van der Waals surface area contributed by atoms with Crippen LogP contribution < -0.4 is 4.90 Å². The summed E-state index contributed by atoms with van der Waals surface area (Å²) in [5.74, 6) is 0. The Morgan fingerprint density at radius 1 is 0.612 bits per heavy atom. The summed E-state index contributed by atoms with van der Waals surface area (Å²) in [7, 11) is 0. The molecule has 0 bridgehead atoms. The molecule has 0 amide bonds. The lowest BCUT2D eigenvalue weighted by atomic mass is 10.0. The Hall–Kier alpha value is -7.08. The van der Waals surface area contributed by atoms with Gasteiger partial charge >= 0.3 is 0 Å². The number of para-hydroxylation sites is 3. The summed E-state index contributed by atoms with van der Waals surface area (Å²) in [5, 5.41) is 15.1. The summed E-state index contributed by atoms with van der Waals surface area (Å²) < 4.78 is 8.76. The Kier molecular flexibility index (Phi) is 6.50. The average Bonchev–Trinajstić information content (AvgIpc) is 3.71. The number of anilines is 3. The molecule has 0 aliphatic heterocycles. The van der Waals surface area contributed by atoms with Crippen LogP contribution in [-0.2, 0) is 0 Å². The molecule has 0 N–H and O–H groups in total. The van der Waals surface area contributed by atoms with E-state index < -0.39 is 0 Å². The van der Waals surface area contributed by atoms with E-state index in [1.165, 1.54) is 0 Å². The van der Waals surface area contributed by atoms with Crippen LogP contribution in [0.1, 0.15) is 5.56 Å². The fourth-order valence-electron chi connectivity index (χ4n) is 7.10. The molecule has 49 heavy (non-hydrogen) atoms. The van der Waals surface area contributed by atoms with Crippen molar-refractivity contribution in [2.24, 2.45) is 0 Å². The van der Waals surface area contributed by atoms with Gasteiger partial charge in [0, 0.05) is 27.5 Å². The smallest absolute Gasteiger partial charge is 0.212 e. The van der Waals surface area contributed by atoms with Crippen LogP contribution in [0.3, 0.4) is 0 Å². The Labute approximate surface area is 282 Å². The molecule has 0 fully saturated rings. The van der Waals surface area contributed by atoms with Gasteiger partial charge in [-0.2, -0.15) is 5.26 Å². The van der Waals surface area contributed by atoms with Crippen LogP contribution in [0.4, 0.5) is 22.7 Å². The van der Waals surface area contributed by atoms with Crippen molar-refractivity contribution in [3.8, 4) is 22.9 Å². The van der Waals surface area contributed by atoms with Crippen molar-refractivity contribution in [1.82, 2.24) is 4.57 Å². The summed E-state index contributed by atoms with van der Waals surface area (Å²) in [6, 6.07) is 55.2. The number of aromatic nitrogens is 1. The molecule has 7 aromatic carbocycles. The van der Waals surface area contributed by atoms with Gasteiger partial charge in [0.25, 0.3) is 0 Å². The van der Waals surface area contributed by atoms with Crippen molar-refractivity contribution in [1.29, 1.82) is 5.26 Å². The van der Waals surface area contributed by atoms with E-state index in [-0.39, 0.29) is 0 Å². The quantitative estimate of drug-likeness (QED) is 0.179. The van der Waals surface area contributed by atoms with E-state index in [4.69, 9.17) is 11.0 Å². The lowest BCUT2D eigenvalue weighted by Gasteiger charge is -2.28. The highest BCUT2D eigenvalue weighted by molar-refractivity contribution is 6.24. The molecule has 0 unspecified atom stereocenters. The fraction of sp³-hybridized carbons (Fsp3) is 0. The van der Waals surface area contributed by atoms with Gasteiger partial charge in [0.2, 0.25) is 5.69 Å². The molecule has 0 saturated heterocycles. The minimum absolute atomic E-state index is 0.389. The number of nitriles is 1. The van der Waals surface area contributed by atoms with Crippen molar-refractivity contribution in [3.05, 3.63) is 175 Å². The van der Waals surface area contributed by atoms with E-state index in [1.807, 2.05) is 114 Å². The molecule has 5 heteroatoms. The zero-order chi connectivity index (χ0) is 32.9. The molecule has 0 aliphatic rings. The molecular weight excluding hydrogens is 601 g/mol. The second-order valence-corrected chi connectivity index (χ2v) is 11.9. The molecule has 0 spiro atoms. The van der Waals surface area contributed by atoms with Crippen LogP contribution in [0.2, 0.25) is 0 Å². The van der Waals surface area contributed by atoms with Gasteiger partial charge < -0.3 is 13.9 Å². The fourth-order valence-corrected chi connectivity index (χ4v) is 7.10. The second kappa shape index (κ2) is 11.3. The van der Waals surface area contributed by atoms with Crippen LogP contribution in [0.25, 0.3) is 65.4 Å². The van der Waals surface area contributed by atoms with E-state index in [2.05, 4.69) is 64.0 Å². The van der Waals surface area contributed by atoms with Crippen molar-refractivity contribution in [3.63, 3.8) is 0 Å². The van der Waals surface area contributed by atoms with Crippen molar-refractivity contribution >= 4 is 66.5 Å². The Morgan fingerprint density at radius 3 is 1.96 bits per heavy atom. The van der Waals surface area contributed by atoms with Crippen molar-refractivity contribution in [2.45, 2.75) is 0 Å². The third-order valence-corrected chi connectivity index (χ3v) is 9.24. The van der Waals surface area contributed by atoms with Crippen LogP contribution in [0.5, 0.6) is 0 Å². The number of nitrogens with zero attached hydrogens (tertiary/aromatic N) is 4. The van der Waals surface area contributed by atoms with Gasteiger partial charge in [-0.25, -0.2) is 4.85 Å². The maximum absolute atomic E-state index is 11.1. The molecule has 0 radical (unpaired) electrons. The van der Waals surface area contributed by atoms with E-state index in [0.29, 0.717) is 22.6 Å². The first-order valence-electron chi connectivity index (χ1n) is 16.0. The molecule has 9 aromatic rings. The first-order chi connectivity index (χ1) is 24.2. The standard InChI is InChI=1S/C44H26N4O/c1-46-37-23-26-39(36(28-45)43(37)47(31-15-7-3-8-16-31)32-17-9-4-10-18-32)48-38-24-21-30(29-13-5-2-6-14-29)27-35(38)42-40(48)25-22-34-33-19-11-12-20-41(33)49-44(34)42/h2-27H. The van der Waals surface area contributed by atoms with Gasteiger partial charge in [-0.3, -0.25) is 0 Å². The minimum Gasteiger partial charge on any atom is -0.455 e. The number of hydrogen-bond donors (Lipinski definition) is 0. The normalized spacial score (nSPS) is 11.2. The molecule has 228 valence electrons. The zero-order valence-corrected chi connectivity index (χ0v) is 26.2. The first-order valence-corrected chi connectivity index (χ1v) is 16.0. The summed E-state index contributed by atoms with van der Waals surface area (Å²) >= 11 is 0. The third-order valence-electron chi connectivity index (χ3n) is 9.24. The van der Waals surface area contributed by atoms with Crippen LogP contribution in [-0.4, -0.2) is 4.57 Å². The van der Waals surface area contributed by atoms with Crippen LogP contribution in [0, 0.1) is 17.9 Å². The highest BCUT2D eigenvalue weighted by atomic mass is 16.3. The summed E-state index contributed by atoms with van der Waals surface area (Å²) in [6.07, 6.45) is 0. The highest BCUT2D eigenvalue weighted by Gasteiger charge is 2.26. The molecule has 9 rings (SSSR count). The van der Waals surface area contributed by atoms with Gasteiger partial charge in [-0.05, 0) is 71.8 Å². The number of rotatable bonds is 5. The Morgan fingerprint density at radius 2 is 1.27 bits per heavy atom. The maximum atomic E-state index is 11.1. The van der Waals surface area contributed by atoms with Crippen molar-refractivity contribution < 1.29 is 4.42 Å². The molecular formula is C44H26N4O. The third kappa shape index (κ3) is 4.38. The zero-order valence-electron chi connectivity index (χ0n) is 26.2. The van der Waals surface area contributed by atoms with Crippen LogP contribution >= 0.6 is 0 Å². The van der Waals surface area contributed by atoms with Gasteiger partial charge in [-0.1, -0.05) is 97.1 Å². The van der Waals surface area contributed by atoms with E-state index in [9.17, 15) is 5.26 Å². The van der Waals surface area contributed by atoms with E-state index in [1.54, 1.807) is 0 Å². The maximum Gasteiger partial charge on any atom is 0.212 e. The SMILES string of the molecule is [C-]#[N+]c1ccc(-n2c3ccc(-c4ccccc4)cc3c3c4oc5ccccc5c4ccc32)c(C#N)c1N(c1ccccc1)c1ccccc1. The summed E-state index contributed by atoms with van der Waals surface area (Å²) in [5.41, 5.74) is 9.40. The molecule has 0 atom stereocenters. The van der Waals surface area contributed by atoms with E-state index >= 15 is 0 Å². The molecule has 0 saturated carbocycles. The predicted molar refractivity (Wildman–Crippen MR) is 199 cm³/mol. The number of benzene rings is 7. The molecule has 5 nitrogen and oxygen atoms in total. The first kappa shape index (κ1) is 28.2. The Balaban J connectivity index is 1.41. The predicted octanol–water partition coefficient (Wildman–Crippen LogP) is 12.2. The largest absolute Gasteiger partial charge is 0.455 e. The lowest BCUT2D eigenvalue weighted by molar-refractivity contribution is 0.673. The second-order valence-electron chi connectivity index (χ2n) is 11.9. The number of furan rings is 1. The summed E-state index contributed by atoms with van der Waals surface area (Å²) in [6.45, 7) is 8.20. The van der Waals surface area contributed by atoms with Gasteiger partial charge in [-0.15, -0.1) is 0 Å². The Bertz CT molecular complexity index is 2740. The lowest BCUT2D eigenvalue weighted by Crippen LogP contribution is -2.13. The van der Waals surface area contributed by atoms with E-state index in [0.717, 1.165) is 66.2 Å². The van der Waals surface area contributed by atoms with Gasteiger partial charge in [0.1, 0.15) is 17.2 Å². The van der Waals surface area contributed by atoms with Gasteiger partial charge in [0.15, 0.2) is 0 Å². The minimum atomic E-state index is 0.389. The number of fused-ring (bicyclic) bond motifs is 7. The van der Waals surface area contributed by atoms with Crippen molar-refractivity contribution in [2.75, 3.05) is 4.90 Å². The molecule has 0 aliphatic carbocycles. The van der Waals surface area contributed by atoms with Gasteiger partial charge in [0.05, 0.1) is 39.9 Å². The highest BCUT2D eigenvalue weighted by Crippen LogP contribution is 2.47. The average molecular weight is 627 g/mol.